The van der Waals surface area contributed by atoms with Crippen LogP contribution in [-0.4, -0.2) is 34.8 Å². The van der Waals surface area contributed by atoms with Gasteiger partial charge in [0.05, 0.1) is 6.20 Å². The predicted molar refractivity (Wildman–Crippen MR) is 121 cm³/mol. The molecule has 0 radical (unpaired) electrons. The van der Waals surface area contributed by atoms with Crippen LogP contribution in [-0.2, 0) is 29.0 Å². The molecule has 0 saturated heterocycles. The number of carbonyl (C=O) groups is 1. The maximum atomic E-state index is 11.7. The third kappa shape index (κ3) is 4.21. The van der Waals surface area contributed by atoms with Crippen molar-refractivity contribution in [3.63, 3.8) is 0 Å². The number of H-pyrrole nitrogens is 1. The SMILES string of the molecule is O=C1CCc2ccc(Nc3nc(-c4cccc(CNS(=O)O)c4)nc4cn[nH]c34)cc2N1. The predicted octanol–water partition coefficient (Wildman–Crippen LogP) is 2.87. The van der Waals surface area contributed by atoms with Crippen LogP contribution in [0.3, 0.4) is 0 Å². The van der Waals surface area contributed by atoms with Gasteiger partial charge >= 0.3 is 0 Å². The van der Waals surface area contributed by atoms with Crippen molar-refractivity contribution in [1.29, 1.82) is 0 Å². The Morgan fingerprint density at radius 2 is 2.03 bits per heavy atom. The molecule has 1 aliphatic rings. The molecule has 2 aromatic heterocycles. The number of aromatic amines is 1. The van der Waals surface area contributed by atoms with Crippen molar-refractivity contribution in [2.75, 3.05) is 10.6 Å². The van der Waals surface area contributed by atoms with Gasteiger partial charge in [0, 0.05) is 29.9 Å². The summed E-state index contributed by atoms with van der Waals surface area (Å²) in [4.78, 5) is 21.0. The molecule has 162 valence electrons. The number of rotatable bonds is 6. The summed E-state index contributed by atoms with van der Waals surface area (Å²) >= 11 is -2.09. The van der Waals surface area contributed by atoms with E-state index >= 15 is 0 Å². The third-order valence-electron chi connectivity index (χ3n) is 5.15. The van der Waals surface area contributed by atoms with Gasteiger partial charge in [0.15, 0.2) is 11.6 Å². The van der Waals surface area contributed by atoms with Crippen LogP contribution in [0.25, 0.3) is 22.4 Å². The highest BCUT2D eigenvalue weighted by atomic mass is 32.2. The Bertz CT molecular complexity index is 1350. The summed E-state index contributed by atoms with van der Waals surface area (Å²) in [7, 11) is 0. The Balaban J connectivity index is 1.49. The smallest absolute Gasteiger partial charge is 0.232 e. The lowest BCUT2D eigenvalue weighted by atomic mass is 10.0. The number of anilines is 3. The monoisotopic (exact) mass is 449 g/mol. The van der Waals surface area contributed by atoms with Gasteiger partial charge in [-0.15, -0.1) is 0 Å². The minimum absolute atomic E-state index is 0.00864. The lowest BCUT2D eigenvalue weighted by Crippen LogP contribution is -2.18. The largest absolute Gasteiger partial charge is 0.338 e. The summed E-state index contributed by atoms with van der Waals surface area (Å²) in [6, 6.07) is 13.2. The maximum Gasteiger partial charge on any atom is 0.232 e. The van der Waals surface area contributed by atoms with E-state index < -0.39 is 11.3 Å². The molecule has 1 aliphatic heterocycles. The fourth-order valence-corrected chi connectivity index (χ4v) is 3.90. The molecule has 1 amide bonds. The number of hydrogen-bond donors (Lipinski definition) is 5. The van der Waals surface area contributed by atoms with Crippen LogP contribution in [0.15, 0.2) is 48.7 Å². The Morgan fingerprint density at radius 3 is 2.91 bits per heavy atom. The van der Waals surface area contributed by atoms with Crippen molar-refractivity contribution in [2.24, 2.45) is 0 Å². The number of aryl methyl sites for hydroxylation is 1. The van der Waals surface area contributed by atoms with E-state index in [4.69, 9.17) is 9.54 Å². The zero-order chi connectivity index (χ0) is 22.1. The number of benzene rings is 2. The van der Waals surface area contributed by atoms with Gasteiger partial charge in [0.2, 0.25) is 17.2 Å². The van der Waals surface area contributed by atoms with Gasteiger partial charge in [-0.3, -0.25) is 14.4 Å². The Kier molecular flexibility index (Phi) is 5.35. The molecule has 0 bridgehead atoms. The van der Waals surface area contributed by atoms with Crippen molar-refractivity contribution >= 4 is 45.4 Å². The van der Waals surface area contributed by atoms with Crippen molar-refractivity contribution < 1.29 is 13.6 Å². The summed E-state index contributed by atoms with van der Waals surface area (Å²) in [5.41, 5.74) is 5.54. The first kappa shape index (κ1) is 20.2. The maximum absolute atomic E-state index is 11.7. The molecule has 11 heteroatoms. The standard InChI is InChI=1S/C21H19N7O3S/c29-18-7-5-13-4-6-15(9-16(13)25-18)24-21-19-17(11-22-28-19)26-20(27-21)14-3-1-2-12(8-14)10-23-32(30)31/h1-4,6,8-9,11,23H,5,7,10H2,(H,22,28)(H,25,29)(H,30,31)(H,24,26,27). The quantitative estimate of drug-likeness (QED) is 0.285. The minimum Gasteiger partial charge on any atom is -0.338 e. The van der Waals surface area contributed by atoms with E-state index in [1.165, 1.54) is 0 Å². The van der Waals surface area contributed by atoms with Gasteiger partial charge in [-0.1, -0.05) is 24.3 Å². The molecule has 0 aliphatic carbocycles. The molecule has 2 aromatic carbocycles. The molecule has 0 fully saturated rings. The molecule has 0 saturated carbocycles. The summed E-state index contributed by atoms with van der Waals surface area (Å²) < 4.78 is 22.3. The second kappa shape index (κ2) is 8.46. The molecule has 5 rings (SSSR count). The Morgan fingerprint density at radius 1 is 1.12 bits per heavy atom. The van der Waals surface area contributed by atoms with Crippen molar-refractivity contribution in [3.05, 3.63) is 59.8 Å². The van der Waals surface area contributed by atoms with Crippen LogP contribution >= 0.6 is 0 Å². The van der Waals surface area contributed by atoms with Crippen molar-refractivity contribution in [1.82, 2.24) is 24.9 Å². The molecule has 3 heterocycles. The van der Waals surface area contributed by atoms with Crippen LogP contribution in [0.4, 0.5) is 17.2 Å². The summed E-state index contributed by atoms with van der Waals surface area (Å²) in [6.45, 7) is 0.233. The lowest BCUT2D eigenvalue weighted by molar-refractivity contribution is -0.116. The first-order chi connectivity index (χ1) is 15.5. The van der Waals surface area contributed by atoms with E-state index in [1.807, 2.05) is 42.5 Å². The van der Waals surface area contributed by atoms with E-state index in [2.05, 4.69) is 30.5 Å². The Hall–Kier alpha value is -3.67. The number of carbonyl (C=O) groups excluding carboxylic acids is 1. The molecule has 5 N–H and O–H groups in total. The summed E-state index contributed by atoms with van der Waals surface area (Å²) in [5, 5.41) is 13.2. The molecule has 10 nitrogen and oxygen atoms in total. The van der Waals surface area contributed by atoms with Crippen LogP contribution in [0.2, 0.25) is 0 Å². The molecule has 1 unspecified atom stereocenters. The van der Waals surface area contributed by atoms with E-state index in [9.17, 15) is 9.00 Å². The van der Waals surface area contributed by atoms with E-state index in [-0.39, 0.29) is 12.5 Å². The van der Waals surface area contributed by atoms with Gasteiger partial charge in [-0.2, -0.15) is 5.10 Å². The molecule has 4 aromatic rings. The molecule has 32 heavy (non-hydrogen) atoms. The number of amides is 1. The fraction of sp³-hybridized carbons (Fsp3) is 0.143. The number of aromatic nitrogens is 4. The third-order valence-corrected chi connectivity index (χ3v) is 5.54. The molecule has 1 atom stereocenters. The highest BCUT2D eigenvalue weighted by Crippen LogP contribution is 2.30. The van der Waals surface area contributed by atoms with E-state index in [0.717, 1.165) is 34.5 Å². The minimum atomic E-state index is -2.09. The van der Waals surface area contributed by atoms with Gasteiger partial charge in [0.1, 0.15) is 11.0 Å². The van der Waals surface area contributed by atoms with Gasteiger partial charge in [-0.25, -0.2) is 18.9 Å². The zero-order valence-corrected chi connectivity index (χ0v) is 17.6. The summed E-state index contributed by atoms with van der Waals surface area (Å²) in [6.07, 6.45) is 2.84. The normalized spacial score (nSPS) is 14.1. The number of hydrogen-bond acceptors (Lipinski definition) is 6. The van der Waals surface area contributed by atoms with Crippen LogP contribution < -0.4 is 15.4 Å². The number of nitrogens with zero attached hydrogens (tertiary/aromatic N) is 3. The van der Waals surface area contributed by atoms with Crippen molar-refractivity contribution in [2.45, 2.75) is 19.4 Å². The first-order valence-corrected chi connectivity index (χ1v) is 11.0. The molecular formula is C21H19N7O3S. The molecule has 0 spiro atoms. The fourth-order valence-electron chi connectivity index (χ4n) is 3.61. The zero-order valence-electron chi connectivity index (χ0n) is 16.8. The highest BCUT2D eigenvalue weighted by Gasteiger charge is 2.16. The number of nitrogens with one attached hydrogen (secondary N) is 4. The van der Waals surface area contributed by atoms with Crippen LogP contribution in [0.5, 0.6) is 0 Å². The topological polar surface area (TPSA) is 145 Å². The average Bonchev–Trinajstić information content (AvgIpc) is 3.27. The average molecular weight is 449 g/mol. The van der Waals surface area contributed by atoms with E-state index in [1.54, 1.807) is 6.20 Å². The molecular weight excluding hydrogens is 430 g/mol. The first-order valence-electron chi connectivity index (χ1n) is 9.90. The van der Waals surface area contributed by atoms with Gasteiger partial charge in [-0.05, 0) is 35.7 Å². The highest BCUT2D eigenvalue weighted by molar-refractivity contribution is 7.77. The van der Waals surface area contributed by atoms with Crippen LogP contribution in [0.1, 0.15) is 17.5 Å². The second-order valence-electron chi connectivity index (χ2n) is 7.34. The van der Waals surface area contributed by atoms with Gasteiger partial charge < -0.3 is 10.6 Å². The second-order valence-corrected chi connectivity index (χ2v) is 8.13. The van der Waals surface area contributed by atoms with E-state index in [0.29, 0.717) is 29.1 Å². The van der Waals surface area contributed by atoms with Gasteiger partial charge in [0.25, 0.3) is 0 Å². The van der Waals surface area contributed by atoms with Crippen molar-refractivity contribution in [3.8, 4) is 11.4 Å². The van der Waals surface area contributed by atoms with Crippen LogP contribution in [0, 0.1) is 0 Å². The summed E-state index contributed by atoms with van der Waals surface area (Å²) in [5.74, 6) is 1.04. The number of fused-ring (bicyclic) bond motifs is 2. The lowest BCUT2D eigenvalue weighted by Gasteiger charge is -2.18. The Labute approximate surface area is 185 Å².